The fourth-order valence-electron chi connectivity index (χ4n) is 3.87. The molecule has 1 aliphatic carbocycles. The molecule has 0 atom stereocenters. The number of rotatable bonds is 4. The zero-order chi connectivity index (χ0) is 15.0. The number of tetrazole rings is 1. The summed E-state index contributed by atoms with van der Waals surface area (Å²) in [4.78, 5) is 0. The molecule has 0 bridgehead atoms. The first-order chi connectivity index (χ1) is 9.19. The SMILES string of the molecule is CC(C)NCc1nnnn1C1CC(C)(C)CC(C)(C)C1. The second-order valence-corrected chi connectivity index (χ2v) is 8.14. The Labute approximate surface area is 122 Å². The molecule has 1 aliphatic rings. The summed E-state index contributed by atoms with van der Waals surface area (Å²) in [5.74, 6) is 0.956. The lowest BCUT2D eigenvalue weighted by molar-refractivity contribution is 0.0650. The molecule has 1 saturated carbocycles. The third-order valence-corrected chi connectivity index (χ3v) is 4.11. The van der Waals surface area contributed by atoms with Gasteiger partial charge in [-0.25, -0.2) is 4.68 Å². The summed E-state index contributed by atoms with van der Waals surface area (Å²) in [6.07, 6.45) is 3.56. The minimum atomic E-state index is 0.348. The molecule has 20 heavy (non-hydrogen) atoms. The second-order valence-electron chi connectivity index (χ2n) is 8.14. The van der Waals surface area contributed by atoms with Gasteiger partial charge in [-0.05, 0) is 40.5 Å². The summed E-state index contributed by atoms with van der Waals surface area (Å²) in [7, 11) is 0. The quantitative estimate of drug-likeness (QED) is 0.920. The lowest BCUT2D eigenvalue weighted by Crippen LogP contribution is -2.36. The van der Waals surface area contributed by atoms with Gasteiger partial charge in [0, 0.05) is 6.04 Å². The number of hydrogen-bond acceptors (Lipinski definition) is 4. The van der Waals surface area contributed by atoms with Crippen molar-refractivity contribution in [2.24, 2.45) is 10.8 Å². The molecular formula is C15H29N5. The molecule has 0 unspecified atom stereocenters. The lowest BCUT2D eigenvalue weighted by atomic mass is 9.63. The van der Waals surface area contributed by atoms with Crippen LogP contribution in [0.5, 0.6) is 0 Å². The van der Waals surface area contributed by atoms with E-state index in [2.05, 4.69) is 67.1 Å². The van der Waals surface area contributed by atoms with E-state index in [0.717, 1.165) is 25.2 Å². The Hall–Kier alpha value is -0.970. The average Bonchev–Trinajstić information content (AvgIpc) is 2.69. The van der Waals surface area contributed by atoms with Gasteiger partial charge in [0.05, 0.1) is 12.6 Å². The van der Waals surface area contributed by atoms with Crippen molar-refractivity contribution >= 4 is 0 Å². The molecule has 1 heterocycles. The molecule has 1 aromatic rings. The van der Waals surface area contributed by atoms with Crippen molar-refractivity contribution in [2.75, 3.05) is 0 Å². The summed E-state index contributed by atoms with van der Waals surface area (Å²) in [6.45, 7) is 14.5. The van der Waals surface area contributed by atoms with Crippen LogP contribution in [0.25, 0.3) is 0 Å². The van der Waals surface area contributed by atoms with Gasteiger partial charge >= 0.3 is 0 Å². The largest absolute Gasteiger partial charge is 0.308 e. The minimum absolute atomic E-state index is 0.348. The lowest BCUT2D eigenvalue weighted by Gasteiger charge is -2.44. The topological polar surface area (TPSA) is 55.6 Å². The van der Waals surface area contributed by atoms with Crippen molar-refractivity contribution in [3.05, 3.63) is 5.82 Å². The highest BCUT2D eigenvalue weighted by Gasteiger charge is 2.40. The van der Waals surface area contributed by atoms with Crippen molar-refractivity contribution in [2.45, 2.75) is 79.4 Å². The van der Waals surface area contributed by atoms with Crippen LogP contribution in [0, 0.1) is 10.8 Å². The van der Waals surface area contributed by atoms with Gasteiger partial charge < -0.3 is 5.32 Å². The third kappa shape index (κ3) is 3.78. The molecule has 114 valence electrons. The molecule has 0 saturated heterocycles. The van der Waals surface area contributed by atoms with Crippen LogP contribution >= 0.6 is 0 Å². The molecular weight excluding hydrogens is 250 g/mol. The molecule has 2 rings (SSSR count). The van der Waals surface area contributed by atoms with E-state index in [-0.39, 0.29) is 0 Å². The van der Waals surface area contributed by atoms with E-state index in [0.29, 0.717) is 22.9 Å². The van der Waals surface area contributed by atoms with E-state index < -0.39 is 0 Å². The Bertz CT molecular complexity index is 431. The summed E-state index contributed by atoms with van der Waals surface area (Å²) >= 11 is 0. The number of nitrogens with zero attached hydrogens (tertiary/aromatic N) is 4. The van der Waals surface area contributed by atoms with Crippen LogP contribution in [0.15, 0.2) is 0 Å². The maximum absolute atomic E-state index is 4.26. The van der Waals surface area contributed by atoms with Gasteiger partial charge in [-0.15, -0.1) is 5.10 Å². The van der Waals surface area contributed by atoms with Gasteiger partial charge in [-0.2, -0.15) is 0 Å². The summed E-state index contributed by atoms with van der Waals surface area (Å²) in [6, 6.07) is 0.854. The fraction of sp³-hybridized carbons (Fsp3) is 0.933. The van der Waals surface area contributed by atoms with E-state index in [1.54, 1.807) is 0 Å². The van der Waals surface area contributed by atoms with Gasteiger partial charge in [-0.3, -0.25) is 0 Å². The zero-order valence-electron chi connectivity index (χ0n) is 13.8. The predicted molar refractivity (Wildman–Crippen MR) is 80.2 cm³/mol. The first-order valence-corrected chi connectivity index (χ1v) is 7.69. The highest BCUT2D eigenvalue weighted by atomic mass is 15.6. The van der Waals surface area contributed by atoms with Crippen LogP contribution in [0.3, 0.4) is 0 Å². The van der Waals surface area contributed by atoms with Gasteiger partial charge in [0.2, 0.25) is 0 Å². The number of nitrogens with one attached hydrogen (secondary N) is 1. The van der Waals surface area contributed by atoms with Gasteiger partial charge in [0.25, 0.3) is 0 Å². The monoisotopic (exact) mass is 279 g/mol. The summed E-state index contributed by atoms with van der Waals surface area (Å²) in [5, 5.41) is 15.8. The minimum Gasteiger partial charge on any atom is -0.308 e. The van der Waals surface area contributed by atoms with Crippen LogP contribution in [0.1, 0.15) is 72.7 Å². The number of aromatic nitrogens is 4. The van der Waals surface area contributed by atoms with Crippen molar-refractivity contribution < 1.29 is 0 Å². The second kappa shape index (κ2) is 5.43. The van der Waals surface area contributed by atoms with E-state index in [1.807, 2.05) is 0 Å². The van der Waals surface area contributed by atoms with Crippen molar-refractivity contribution in [1.29, 1.82) is 0 Å². The average molecular weight is 279 g/mol. The Morgan fingerprint density at radius 2 is 1.80 bits per heavy atom. The van der Waals surface area contributed by atoms with Crippen LogP contribution in [0.2, 0.25) is 0 Å². The van der Waals surface area contributed by atoms with Crippen LogP contribution in [-0.4, -0.2) is 26.2 Å². The van der Waals surface area contributed by atoms with E-state index in [4.69, 9.17) is 0 Å². The van der Waals surface area contributed by atoms with Crippen molar-refractivity contribution in [1.82, 2.24) is 25.5 Å². The summed E-state index contributed by atoms with van der Waals surface area (Å²) in [5.41, 5.74) is 0.697. The molecule has 0 spiro atoms. The highest BCUT2D eigenvalue weighted by molar-refractivity contribution is 4.94. The first-order valence-electron chi connectivity index (χ1n) is 7.69. The van der Waals surface area contributed by atoms with E-state index >= 15 is 0 Å². The Balaban J connectivity index is 2.16. The van der Waals surface area contributed by atoms with Crippen LogP contribution in [-0.2, 0) is 6.54 Å². The summed E-state index contributed by atoms with van der Waals surface area (Å²) < 4.78 is 2.05. The van der Waals surface area contributed by atoms with Gasteiger partial charge in [-0.1, -0.05) is 41.5 Å². The van der Waals surface area contributed by atoms with Crippen molar-refractivity contribution in [3.8, 4) is 0 Å². The van der Waals surface area contributed by atoms with Crippen LogP contribution < -0.4 is 5.32 Å². The van der Waals surface area contributed by atoms with E-state index in [1.165, 1.54) is 6.42 Å². The van der Waals surface area contributed by atoms with Gasteiger partial charge in [0.15, 0.2) is 5.82 Å². The fourth-order valence-corrected chi connectivity index (χ4v) is 3.87. The Morgan fingerprint density at radius 3 is 2.35 bits per heavy atom. The van der Waals surface area contributed by atoms with Gasteiger partial charge in [0.1, 0.15) is 0 Å². The Morgan fingerprint density at radius 1 is 1.20 bits per heavy atom. The molecule has 5 nitrogen and oxygen atoms in total. The molecule has 1 N–H and O–H groups in total. The standard InChI is InChI=1S/C15H29N5/c1-11(2)16-9-13-17-18-19-20(13)12-7-14(3,4)10-15(5,6)8-12/h11-12,16H,7-10H2,1-6H3. The van der Waals surface area contributed by atoms with E-state index in [9.17, 15) is 0 Å². The third-order valence-electron chi connectivity index (χ3n) is 4.11. The highest BCUT2D eigenvalue weighted by Crippen LogP contribution is 2.49. The first kappa shape index (κ1) is 15.4. The predicted octanol–water partition coefficient (Wildman–Crippen LogP) is 2.95. The maximum Gasteiger partial charge on any atom is 0.165 e. The molecule has 0 aromatic carbocycles. The maximum atomic E-state index is 4.26. The Kier molecular flexibility index (Phi) is 4.19. The molecule has 1 fully saturated rings. The number of hydrogen-bond donors (Lipinski definition) is 1. The molecule has 0 aliphatic heterocycles. The van der Waals surface area contributed by atoms with Crippen LogP contribution in [0.4, 0.5) is 0 Å². The molecule has 0 amide bonds. The molecule has 0 radical (unpaired) electrons. The smallest absolute Gasteiger partial charge is 0.165 e. The molecule has 1 aromatic heterocycles. The normalized spacial score (nSPS) is 22.4. The zero-order valence-corrected chi connectivity index (χ0v) is 13.8. The van der Waals surface area contributed by atoms with Crippen molar-refractivity contribution in [3.63, 3.8) is 0 Å². The molecule has 5 heteroatoms.